The van der Waals surface area contributed by atoms with Gasteiger partial charge in [-0.3, -0.25) is 5.32 Å². The van der Waals surface area contributed by atoms with Crippen molar-refractivity contribution in [1.82, 2.24) is 0 Å². The fourth-order valence-electron chi connectivity index (χ4n) is 1.55. The molecule has 0 bridgehead atoms. The van der Waals surface area contributed by atoms with Crippen molar-refractivity contribution in [3.05, 3.63) is 17.7 Å². The Labute approximate surface area is 128 Å². The van der Waals surface area contributed by atoms with E-state index in [1.54, 1.807) is 5.32 Å². The number of sulfone groups is 1. The molecule has 126 valence electrons. The lowest BCUT2D eigenvalue weighted by molar-refractivity contribution is -0.153. The Morgan fingerprint density at radius 2 is 1.83 bits per heavy atom. The number of anilines is 1. The van der Waals surface area contributed by atoms with Crippen molar-refractivity contribution in [3.63, 3.8) is 0 Å². The minimum atomic E-state index is -5.26. The molecule has 0 aliphatic carbocycles. The lowest BCUT2D eigenvalue weighted by Crippen LogP contribution is -2.46. The van der Waals surface area contributed by atoms with Crippen molar-refractivity contribution < 1.29 is 36.6 Å². The van der Waals surface area contributed by atoms with E-state index in [0.717, 1.165) is 12.1 Å². The van der Waals surface area contributed by atoms with Crippen LogP contribution < -0.4 is 5.32 Å². The van der Waals surface area contributed by atoms with Gasteiger partial charge in [0.25, 0.3) is 0 Å². The lowest BCUT2D eigenvalue weighted by atomic mass is 10.2. The third-order valence-electron chi connectivity index (χ3n) is 3.12. The Kier molecular flexibility index (Phi) is 4.54. The van der Waals surface area contributed by atoms with E-state index in [1.807, 2.05) is 0 Å². The molecule has 1 aromatic rings. The van der Waals surface area contributed by atoms with E-state index in [1.165, 1.54) is 6.07 Å². The number of hydrogen-bond donors (Lipinski definition) is 3. The second-order valence-electron chi connectivity index (χ2n) is 4.89. The molecule has 0 atom stereocenters. The zero-order valence-electron chi connectivity index (χ0n) is 11.8. The Balaban J connectivity index is 3.77. The molecular weight excluding hydrogens is 341 g/mol. The zero-order valence-corrected chi connectivity index (χ0v) is 12.6. The quantitative estimate of drug-likeness (QED) is 0.717. The molecule has 0 radical (unpaired) electrons. The van der Waals surface area contributed by atoms with Crippen LogP contribution >= 0.6 is 0 Å². The number of halogens is 3. The van der Waals surface area contributed by atoms with Gasteiger partial charge in [-0.25, -0.2) is 13.2 Å². The number of carboxylic acid groups (broad SMARTS) is 1. The number of aromatic hydroxyl groups is 1. The summed E-state index contributed by atoms with van der Waals surface area (Å²) in [4.78, 5) is 9.29. The summed E-state index contributed by atoms with van der Waals surface area (Å²) in [5, 5.41) is 29.0. The molecular formula is C12H11F3N2O5S. The van der Waals surface area contributed by atoms with Gasteiger partial charge in [-0.1, -0.05) is 0 Å². The van der Waals surface area contributed by atoms with Crippen molar-refractivity contribution in [2.75, 3.05) is 5.32 Å². The molecule has 11 heteroatoms. The van der Waals surface area contributed by atoms with Crippen molar-refractivity contribution in [1.29, 1.82) is 5.26 Å². The van der Waals surface area contributed by atoms with Gasteiger partial charge in [0.05, 0.1) is 11.3 Å². The standard InChI is InChI=1S/C12H11F3N2O5S/c1-11(2,12(13,14)15)23(21,22)9-6(5-16)3-4-7(8(9)18)17-10(19)20/h3-4,17-18H,1-2H3,(H,19,20). The summed E-state index contributed by atoms with van der Waals surface area (Å²) in [6.45, 7) is 0.750. The summed E-state index contributed by atoms with van der Waals surface area (Å²) in [6, 6.07) is 3.02. The van der Waals surface area contributed by atoms with Crippen LogP contribution in [0.2, 0.25) is 0 Å². The smallest absolute Gasteiger partial charge is 0.409 e. The molecule has 23 heavy (non-hydrogen) atoms. The molecule has 1 aromatic carbocycles. The number of nitriles is 1. The van der Waals surface area contributed by atoms with Crippen LogP contribution in [0.4, 0.5) is 23.7 Å². The van der Waals surface area contributed by atoms with Crippen molar-refractivity contribution in [3.8, 4) is 11.8 Å². The molecule has 0 saturated heterocycles. The highest BCUT2D eigenvalue weighted by atomic mass is 32.2. The first-order valence-electron chi connectivity index (χ1n) is 5.84. The van der Waals surface area contributed by atoms with Gasteiger partial charge >= 0.3 is 12.3 Å². The molecule has 3 N–H and O–H groups in total. The van der Waals surface area contributed by atoms with Crippen LogP contribution in [0.5, 0.6) is 5.75 Å². The number of alkyl halides is 3. The maximum atomic E-state index is 13.0. The van der Waals surface area contributed by atoms with E-state index in [9.17, 15) is 31.5 Å². The number of amides is 1. The number of benzene rings is 1. The number of nitrogens with zero attached hydrogens (tertiary/aromatic N) is 1. The maximum Gasteiger partial charge on any atom is 0.409 e. The average molecular weight is 352 g/mol. The highest BCUT2D eigenvalue weighted by Gasteiger charge is 2.58. The minimum Gasteiger partial charge on any atom is -0.504 e. The number of hydrogen-bond acceptors (Lipinski definition) is 5. The van der Waals surface area contributed by atoms with Gasteiger partial charge in [0, 0.05) is 0 Å². The molecule has 0 heterocycles. The number of nitrogens with one attached hydrogen (secondary N) is 1. The summed E-state index contributed by atoms with van der Waals surface area (Å²) in [5.41, 5.74) is -1.40. The molecule has 0 saturated carbocycles. The number of rotatable bonds is 3. The fourth-order valence-corrected chi connectivity index (χ4v) is 3.14. The van der Waals surface area contributed by atoms with Crippen LogP contribution in [0.1, 0.15) is 19.4 Å². The first-order valence-corrected chi connectivity index (χ1v) is 7.33. The highest BCUT2D eigenvalue weighted by Crippen LogP contribution is 2.45. The molecule has 0 aromatic heterocycles. The summed E-state index contributed by atoms with van der Waals surface area (Å²) in [5.74, 6) is -1.27. The van der Waals surface area contributed by atoms with Gasteiger partial charge < -0.3 is 10.2 Å². The van der Waals surface area contributed by atoms with Crippen molar-refractivity contribution >= 4 is 21.6 Å². The normalized spacial score (nSPS) is 12.5. The molecule has 7 nitrogen and oxygen atoms in total. The van der Waals surface area contributed by atoms with E-state index in [2.05, 4.69) is 0 Å². The predicted octanol–water partition coefficient (Wildman–Crippen LogP) is 2.47. The molecule has 0 unspecified atom stereocenters. The van der Waals surface area contributed by atoms with E-state index >= 15 is 0 Å². The minimum absolute atomic E-state index is 0.375. The van der Waals surface area contributed by atoms with E-state index in [-0.39, 0.29) is 0 Å². The topological polar surface area (TPSA) is 127 Å². The lowest BCUT2D eigenvalue weighted by Gasteiger charge is -2.28. The van der Waals surface area contributed by atoms with E-state index < -0.39 is 48.7 Å². The second-order valence-corrected chi connectivity index (χ2v) is 7.33. The molecule has 0 aliphatic heterocycles. The third kappa shape index (κ3) is 3.02. The Bertz CT molecular complexity index is 794. The molecule has 1 amide bonds. The van der Waals surface area contributed by atoms with Gasteiger partial charge in [0.15, 0.2) is 20.3 Å². The van der Waals surface area contributed by atoms with Crippen LogP contribution in [-0.4, -0.2) is 35.6 Å². The number of phenolic OH excluding ortho intramolecular Hbond substituents is 1. The number of carbonyl (C=O) groups is 1. The van der Waals surface area contributed by atoms with Gasteiger partial charge in [0.2, 0.25) is 0 Å². The van der Waals surface area contributed by atoms with E-state index in [0.29, 0.717) is 13.8 Å². The second kappa shape index (κ2) is 5.62. The van der Waals surface area contributed by atoms with Crippen LogP contribution in [0.25, 0.3) is 0 Å². The summed E-state index contributed by atoms with van der Waals surface area (Å²) in [6.07, 6.45) is -6.87. The van der Waals surface area contributed by atoms with Crippen LogP contribution in [0.3, 0.4) is 0 Å². The van der Waals surface area contributed by atoms with Crippen LogP contribution in [-0.2, 0) is 9.84 Å². The summed E-state index contributed by atoms with van der Waals surface area (Å²) < 4.78 is 60.5. The Hall–Kier alpha value is -2.48. The monoisotopic (exact) mass is 352 g/mol. The molecule has 1 rings (SSSR count). The summed E-state index contributed by atoms with van der Waals surface area (Å²) in [7, 11) is -5.26. The average Bonchev–Trinajstić information content (AvgIpc) is 2.38. The van der Waals surface area contributed by atoms with Gasteiger partial charge in [-0.05, 0) is 26.0 Å². The van der Waals surface area contributed by atoms with Crippen molar-refractivity contribution in [2.45, 2.75) is 29.7 Å². The fraction of sp³-hybridized carbons (Fsp3) is 0.333. The maximum absolute atomic E-state index is 13.0. The molecule has 0 spiro atoms. The molecule has 0 aliphatic rings. The zero-order chi connectivity index (χ0) is 18.2. The number of phenols is 1. The summed E-state index contributed by atoms with van der Waals surface area (Å²) >= 11 is 0. The van der Waals surface area contributed by atoms with Gasteiger partial charge in [-0.15, -0.1) is 0 Å². The molecule has 0 fully saturated rings. The van der Waals surface area contributed by atoms with Gasteiger partial charge in [-0.2, -0.15) is 18.4 Å². The van der Waals surface area contributed by atoms with Gasteiger partial charge in [0.1, 0.15) is 11.0 Å². The first-order chi connectivity index (χ1) is 10.3. The largest absolute Gasteiger partial charge is 0.504 e. The van der Waals surface area contributed by atoms with Crippen molar-refractivity contribution in [2.24, 2.45) is 0 Å². The first kappa shape index (κ1) is 18.6. The predicted molar refractivity (Wildman–Crippen MR) is 71.8 cm³/mol. The van der Waals surface area contributed by atoms with Crippen LogP contribution in [0, 0.1) is 11.3 Å². The Morgan fingerprint density at radius 3 is 2.22 bits per heavy atom. The van der Waals surface area contributed by atoms with Crippen LogP contribution in [0.15, 0.2) is 17.0 Å². The third-order valence-corrected chi connectivity index (χ3v) is 5.64. The highest BCUT2D eigenvalue weighted by molar-refractivity contribution is 7.93. The Morgan fingerprint density at radius 1 is 1.30 bits per heavy atom. The van der Waals surface area contributed by atoms with E-state index in [4.69, 9.17) is 10.4 Å². The SMILES string of the molecule is CC(C)(C(F)(F)F)S(=O)(=O)c1c(C#N)ccc(NC(=O)O)c1O.